The van der Waals surface area contributed by atoms with Gasteiger partial charge in [-0.3, -0.25) is 9.59 Å². The van der Waals surface area contributed by atoms with E-state index in [-0.39, 0.29) is 18.2 Å². The Bertz CT molecular complexity index is 752. The fourth-order valence-corrected chi connectivity index (χ4v) is 3.31. The summed E-state index contributed by atoms with van der Waals surface area (Å²) < 4.78 is 1.78. The van der Waals surface area contributed by atoms with E-state index >= 15 is 0 Å². The lowest BCUT2D eigenvalue weighted by Crippen LogP contribution is -2.40. The Morgan fingerprint density at radius 2 is 2.04 bits per heavy atom. The summed E-state index contributed by atoms with van der Waals surface area (Å²) in [6.45, 7) is 3.37. The van der Waals surface area contributed by atoms with E-state index < -0.39 is 5.97 Å². The van der Waals surface area contributed by atoms with Crippen LogP contribution in [0.5, 0.6) is 0 Å². The van der Waals surface area contributed by atoms with Crippen molar-refractivity contribution in [1.82, 2.24) is 14.7 Å². The number of benzene rings is 1. The van der Waals surface area contributed by atoms with Gasteiger partial charge in [0, 0.05) is 31.3 Å². The van der Waals surface area contributed by atoms with Crippen LogP contribution in [0.4, 0.5) is 0 Å². The number of carboxylic acid groups (broad SMARTS) is 1. The number of piperidine rings is 1. The van der Waals surface area contributed by atoms with Crippen molar-refractivity contribution in [1.29, 1.82) is 0 Å². The number of rotatable bonds is 5. The van der Waals surface area contributed by atoms with Crippen LogP contribution in [0.2, 0.25) is 0 Å². The molecule has 3 rings (SSSR count). The molecule has 0 radical (unpaired) electrons. The summed E-state index contributed by atoms with van der Waals surface area (Å²) in [5, 5.41) is 13.1. The molecule has 25 heavy (non-hydrogen) atoms. The number of nitrogens with zero attached hydrogens (tertiary/aromatic N) is 3. The zero-order valence-corrected chi connectivity index (χ0v) is 14.4. The first kappa shape index (κ1) is 17.2. The van der Waals surface area contributed by atoms with Crippen LogP contribution in [0.1, 0.15) is 41.6 Å². The lowest BCUT2D eigenvalue weighted by atomic mass is 9.93. The Morgan fingerprint density at radius 1 is 1.28 bits per heavy atom. The van der Waals surface area contributed by atoms with Gasteiger partial charge >= 0.3 is 5.97 Å². The second-order valence-corrected chi connectivity index (χ2v) is 6.70. The number of hydrogen-bond donors (Lipinski definition) is 1. The van der Waals surface area contributed by atoms with Gasteiger partial charge in [0.1, 0.15) is 0 Å². The molecule has 0 unspecified atom stereocenters. The molecular formula is C19H23N3O3. The van der Waals surface area contributed by atoms with Gasteiger partial charge < -0.3 is 10.0 Å². The predicted octanol–water partition coefficient (Wildman–Crippen LogP) is 2.90. The van der Waals surface area contributed by atoms with Crippen molar-refractivity contribution in [2.24, 2.45) is 5.92 Å². The first-order valence-electron chi connectivity index (χ1n) is 8.65. The van der Waals surface area contributed by atoms with Crippen molar-refractivity contribution in [3.05, 3.63) is 47.8 Å². The minimum Gasteiger partial charge on any atom is -0.481 e. The highest BCUT2D eigenvalue weighted by Gasteiger charge is 2.24. The highest BCUT2D eigenvalue weighted by Crippen LogP contribution is 2.23. The number of carbonyl (C=O) groups excluding carboxylic acids is 1. The highest BCUT2D eigenvalue weighted by atomic mass is 16.4. The number of hydrogen-bond acceptors (Lipinski definition) is 3. The molecule has 0 spiro atoms. The van der Waals surface area contributed by atoms with Gasteiger partial charge in [0.25, 0.3) is 5.91 Å². The first-order chi connectivity index (χ1) is 12.0. The fraction of sp³-hybridized carbons (Fsp3) is 0.421. The molecule has 1 fully saturated rings. The third kappa shape index (κ3) is 4.26. The molecule has 1 aliphatic rings. The van der Waals surface area contributed by atoms with Crippen molar-refractivity contribution in [3.63, 3.8) is 0 Å². The van der Waals surface area contributed by atoms with E-state index in [4.69, 9.17) is 5.11 Å². The third-order valence-corrected chi connectivity index (χ3v) is 4.66. The molecule has 1 aliphatic heterocycles. The molecule has 6 nitrogen and oxygen atoms in total. The fourth-order valence-electron chi connectivity index (χ4n) is 3.31. The summed E-state index contributed by atoms with van der Waals surface area (Å²) in [6, 6.07) is 7.45. The molecule has 132 valence electrons. The van der Waals surface area contributed by atoms with Crippen LogP contribution >= 0.6 is 0 Å². The van der Waals surface area contributed by atoms with Crippen LogP contribution in [0.3, 0.4) is 0 Å². The van der Waals surface area contributed by atoms with Gasteiger partial charge in [0.05, 0.1) is 11.9 Å². The van der Waals surface area contributed by atoms with E-state index in [0.717, 1.165) is 30.6 Å². The second-order valence-electron chi connectivity index (χ2n) is 6.70. The van der Waals surface area contributed by atoms with E-state index in [0.29, 0.717) is 18.5 Å². The van der Waals surface area contributed by atoms with Crippen LogP contribution in [-0.2, 0) is 4.79 Å². The maximum atomic E-state index is 12.7. The normalized spacial score (nSPS) is 17.5. The Morgan fingerprint density at radius 3 is 2.68 bits per heavy atom. The maximum absolute atomic E-state index is 12.7. The monoisotopic (exact) mass is 341 g/mol. The molecular weight excluding hydrogens is 318 g/mol. The van der Waals surface area contributed by atoms with E-state index in [1.54, 1.807) is 10.9 Å². The van der Waals surface area contributed by atoms with Crippen molar-refractivity contribution < 1.29 is 14.7 Å². The molecule has 1 saturated heterocycles. The molecule has 2 aromatic rings. The number of carboxylic acids is 1. The number of amides is 1. The first-order valence-corrected chi connectivity index (χ1v) is 8.65. The van der Waals surface area contributed by atoms with Crippen molar-refractivity contribution in [2.75, 3.05) is 13.1 Å². The molecule has 1 amide bonds. The Kier molecular flexibility index (Phi) is 5.16. The van der Waals surface area contributed by atoms with Gasteiger partial charge in [0.15, 0.2) is 0 Å². The molecule has 1 aromatic carbocycles. The zero-order chi connectivity index (χ0) is 17.8. The number of aryl methyl sites for hydroxylation is 1. The molecule has 0 saturated carbocycles. The van der Waals surface area contributed by atoms with E-state index in [1.807, 2.05) is 42.3 Å². The van der Waals surface area contributed by atoms with Gasteiger partial charge in [-0.15, -0.1) is 0 Å². The third-order valence-electron chi connectivity index (χ3n) is 4.66. The average molecular weight is 341 g/mol. The van der Waals surface area contributed by atoms with Gasteiger partial charge in [0.2, 0.25) is 0 Å². The van der Waals surface area contributed by atoms with Gasteiger partial charge in [-0.25, -0.2) is 4.68 Å². The molecule has 2 heterocycles. The Labute approximate surface area is 147 Å². The number of aromatic nitrogens is 2. The molecule has 0 aliphatic carbocycles. The molecule has 1 atom stereocenters. The van der Waals surface area contributed by atoms with Crippen molar-refractivity contribution >= 4 is 11.9 Å². The highest BCUT2D eigenvalue weighted by molar-refractivity contribution is 5.94. The summed E-state index contributed by atoms with van der Waals surface area (Å²) in [6.07, 6.45) is 6.47. The summed E-state index contributed by atoms with van der Waals surface area (Å²) in [4.78, 5) is 25.3. The largest absolute Gasteiger partial charge is 0.481 e. The number of likely N-dealkylation sites (tertiary alicyclic amines) is 1. The van der Waals surface area contributed by atoms with Crippen molar-refractivity contribution in [3.8, 4) is 5.69 Å². The molecule has 1 N–H and O–H groups in total. The zero-order valence-electron chi connectivity index (χ0n) is 14.4. The van der Waals surface area contributed by atoms with E-state index in [2.05, 4.69) is 5.10 Å². The number of aliphatic carboxylic acids is 1. The smallest absolute Gasteiger partial charge is 0.303 e. The van der Waals surface area contributed by atoms with Crippen molar-refractivity contribution in [2.45, 2.75) is 32.6 Å². The van der Waals surface area contributed by atoms with Gasteiger partial charge in [-0.1, -0.05) is 0 Å². The lowest BCUT2D eigenvalue weighted by molar-refractivity contribution is -0.137. The summed E-state index contributed by atoms with van der Waals surface area (Å²) in [5.41, 5.74) is 2.66. The SMILES string of the molecule is Cc1cnn(-c2ccc(C(=O)N3CCC[C@H](CCC(=O)O)C3)cc2)c1. The quantitative estimate of drug-likeness (QED) is 0.907. The maximum Gasteiger partial charge on any atom is 0.303 e. The minimum absolute atomic E-state index is 0.0169. The Hall–Kier alpha value is -2.63. The number of carbonyl (C=O) groups is 2. The predicted molar refractivity (Wildman–Crippen MR) is 93.8 cm³/mol. The lowest BCUT2D eigenvalue weighted by Gasteiger charge is -2.32. The van der Waals surface area contributed by atoms with Crippen LogP contribution < -0.4 is 0 Å². The Balaban J connectivity index is 1.65. The van der Waals surface area contributed by atoms with Crippen LogP contribution in [0.15, 0.2) is 36.7 Å². The standard InChI is InChI=1S/C19H23N3O3/c1-14-11-20-22(12-14)17-7-5-16(6-8-17)19(25)21-10-2-3-15(13-21)4-9-18(23)24/h5-8,11-12,15H,2-4,9-10,13H2,1H3,(H,23,24)/t15-/m1/s1. The van der Waals surface area contributed by atoms with Gasteiger partial charge in [-0.2, -0.15) is 5.10 Å². The van der Waals surface area contributed by atoms with E-state index in [9.17, 15) is 9.59 Å². The topological polar surface area (TPSA) is 75.4 Å². The average Bonchev–Trinajstić information content (AvgIpc) is 3.06. The second kappa shape index (κ2) is 7.51. The van der Waals surface area contributed by atoms with Crippen LogP contribution in [0, 0.1) is 12.8 Å². The summed E-state index contributed by atoms with van der Waals surface area (Å²) >= 11 is 0. The summed E-state index contributed by atoms with van der Waals surface area (Å²) in [7, 11) is 0. The minimum atomic E-state index is -0.770. The van der Waals surface area contributed by atoms with Crippen LogP contribution in [0.25, 0.3) is 5.69 Å². The van der Waals surface area contributed by atoms with Gasteiger partial charge in [-0.05, 0) is 61.9 Å². The molecule has 6 heteroatoms. The molecule has 1 aromatic heterocycles. The molecule has 0 bridgehead atoms. The summed E-state index contributed by atoms with van der Waals surface area (Å²) in [5.74, 6) is -0.476. The van der Waals surface area contributed by atoms with Crippen LogP contribution in [-0.4, -0.2) is 44.8 Å². The van der Waals surface area contributed by atoms with E-state index in [1.165, 1.54) is 0 Å².